The number of aryl methyl sites for hydroxylation is 1. The van der Waals surface area contributed by atoms with Crippen molar-refractivity contribution in [2.75, 3.05) is 4.90 Å². The Balaban J connectivity index is 1.69. The van der Waals surface area contributed by atoms with Gasteiger partial charge in [-0.15, -0.1) is 0 Å². The predicted octanol–water partition coefficient (Wildman–Crippen LogP) is 5.94. The minimum absolute atomic E-state index is 0.238. The van der Waals surface area contributed by atoms with Gasteiger partial charge in [0.25, 0.3) is 0 Å². The van der Waals surface area contributed by atoms with Gasteiger partial charge in [0.05, 0.1) is 23.5 Å². The SMILES string of the molecule is Cc1cc([C@@H]2[C@@H](c3ccccn3)NC(=S)N2c2ccc(F)cc2)c(C)n1-c1ccccc1F. The third kappa shape index (κ3) is 3.68. The fraction of sp³-hybridized carbons (Fsp3) is 0.154. The maximum absolute atomic E-state index is 14.7. The Labute approximate surface area is 196 Å². The average molecular weight is 461 g/mol. The van der Waals surface area contributed by atoms with Gasteiger partial charge < -0.3 is 14.8 Å². The van der Waals surface area contributed by atoms with E-state index < -0.39 is 0 Å². The predicted molar refractivity (Wildman–Crippen MR) is 130 cm³/mol. The first-order valence-electron chi connectivity index (χ1n) is 10.7. The van der Waals surface area contributed by atoms with Gasteiger partial charge in [-0.1, -0.05) is 18.2 Å². The van der Waals surface area contributed by atoms with Crippen molar-refractivity contribution in [3.05, 3.63) is 113 Å². The van der Waals surface area contributed by atoms with E-state index in [1.807, 2.05) is 47.6 Å². The normalized spacial score (nSPS) is 17.9. The van der Waals surface area contributed by atoms with Crippen LogP contribution in [0.3, 0.4) is 0 Å². The number of anilines is 1. The van der Waals surface area contributed by atoms with Crippen LogP contribution < -0.4 is 10.2 Å². The van der Waals surface area contributed by atoms with Gasteiger partial charge in [-0.2, -0.15) is 0 Å². The van der Waals surface area contributed by atoms with Crippen molar-refractivity contribution in [1.82, 2.24) is 14.9 Å². The minimum Gasteiger partial charge on any atom is -0.351 e. The van der Waals surface area contributed by atoms with E-state index in [1.165, 1.54) is 18.2 Å². The van der Waals surface area contributed by atoms with Crippen LogP contribution in [-0.2, 0) is 0 Å². The Morgan fingerprint density at radius 1 is 0.939 bits per heavy atom. The number of nitrogens with one attached hydrogen (secondary N) is 1. The number of thiocarbonyl (C=S) groups is 1. The van der Waals surface area contributed by atoms with Gasteiger partial charge in [0.1, 0.15) is 11.6 Å². The number of aromatic nitrogens is 2. The highest BCUT2D eigenvalue weighted by Crippen LogP contribution is 2.43. The molecule has 1 N–H and O–H groups in total. The van der Waals surface area contributed by atoms with Crippen LogP contribution in [0.2, 0.25) is 0 Å². The highest BCUT2D eigenvalue weighted by molar-refractivity contribution is 7.80. The second-order valence-electron chi connectivity index (χ2n) is 8.09. The molecule has 1 aliphatic heterocycles. The molecule has 1 aliphatic rings. The van der Waals surface area contributed by atoms with Crippen LogP contribution in [0.25, 0.3) is 5.69 Å². The van der Waals surface area contributed by atoms with Crippen LogP contribution in [0.4, 0.5) is 14.5 Å². The number of pyridine rings is 1. The Morgan fingerprint density at radius 2 is 1.67 bits per heavy atom. The van der Waals surface area contributed by atoms with Gasteiger partial charge >= 0.3 is 0 Å². The van der Waals surface area contributed by atoms with Gasteiger partial charge in [-0.25, -0.2) is 8.78 Å². The molecule has 4 nitrogen and oxygen atoms in total. The molecule has 2 atom stereocenters. The number of nitrogens with zero attached hydrogens (tertiary/aromatic N) is 3. The molecule has 0 bridgehead atoms. The zero-order chi connectivity index (χ0) is 23.1. The van der Waals surface area contributed by atoms with Gasteiger partial charge in [0, 0.05) is 23.3 Å². The number of hydrogen-bond acceptors (Lipinski definition) is 2. The molecule has 4 aromatic rings. The Hall–Kier alpha value is -3.58. The van der Waals surface area contributed by atoms with Crippen molar-refractivity contribution in [3.63, 3.8) is 0 Å². The lowest BCUT2D eigenvalue weighted by molar-refractivity contribution is 0.564. The molecular formula is C26H22F2N4S. The third-order valence-electron chi connectivity index (χ3n) is 6.09. The van der Waals surface area contributed by atoms with Crippen LogP contribution in [0.15, 0.2) is 79.0 Å². The molecule has 0 saturated carbocycles. The maximum Gasteiger partial charge on any atom is 0.174 e. The Kier molecular flexibility index (Phi) is 5.42. The monoisotopic (exact) mass is 460 g/mol. The fourth-order valence-electron chi connectivity index (χ4n) is 4.64. The van der Waals surface area contributed by atoms with Gasteiger partial charge in [0.15, 0.2) is 5.11 Å². The molecule has 3 heterocycles. The van der Waals surface area contributed by atoms with Crippen LogP contribution in [0.1, 0.15) is 34.7 Å². The molecule has 5 rings (SSSR count). The molecule has 166 valence electrons. The number of benzene rings is 2. The standard InChI is InChI=1S/C26H22F2N4S/c1-16-15-20(17(2)31(16)23-9-4-3-7-21(23)28)25-24(22-8-5-6-14-29-22)30-26(33)32(25)19-12-10-18(27)11-13-19/h3-15,24-25H,1-2H3,(H,30,33)/t24-,25-/m1/s1. The van der Waals surface area contributed by atoms with E-state index in [0.717, 1.165) is 28.3 Å². The summed E-state index contributed by atoms with van der Waals surface area (Å²) in [4.78, 5) is 6.56. The van der Waals surface area contributed by atoms with Crippen molar-refractivity contribution >= 4 is 23.0 Å². The van der Waals surface area contributed by atoms with Gasteiger partial charge in [-0.3, -0.25) is 4.98 Å². The summed E-state index contributed by atoms with van der Waals surface area (Å²) in [6.07, 6.45) is 1.75. The summed E-state index contributed by atoms with van der Waals surface area (Å²) in [5.74, 6) is -0.602. The van der Waals surface area contributed by atoms with E-state index in [4.69, 9.17) is 12.2 Å². The summed E-state index contributed by atoms with van der Waals surface area (Å²) in [6, 6.07) is 20.3. The summed E-state index contributed by atoms with van der Waals surface area (Å²) in [5, 5.41) is 3.93. The van der Waals surface area contributed by atoms with E-state index in [-0.39, 0.29) is 23.7 Å². The molecule has 7 heteroatoms. The average Bonchev–Trinajstić information content (AvgIpc) is 3.31. The number of para-hydroxylation sites is 1. The molecule has 2 aromatic carbocycles. The first-order valence-corrected chi connectivity index (χ1v) is 11.1. The lowest BCUT2D eigenvalue weighted by atomic mass is 9.96. The number of rotatable bonds is 4. The summed E-state index contributed by atoms with van der Waals surface area (Å²) >= 11 is 5.73. The van der Waals surface area contributed by atoms with Crippen LogP contribution in [-0.4, -0.2) is 14.7 Å². The fourth-order valence-corrected chi connectivity index (χ4v) is 4.99. The lowest BCUT2D eigenvalue weighted by Gasteiger charge is -2.28. The topological polar surface area (TPSA) is 33.1 Å². The van der Waals surface area contributed by atoms with E-state index in [9.17, 15) is 8.78 Å². The first-order chi connectivity index (χ1) is 16.0. The minimum atomic E-state index is -0.313. The second kappa shape index (κ2) is 8.41. The summed E-state index contributed by atoms with van der Waals surface area (Å²) in [5.41, 5.74) is 4.91. The molecule has 2 aromatic heterocycles. The second-order valence-corrected chi connectivity index (χ2v) is 8.47. The first kappa shape index (κ1) is 21.3. The summed E-state index contributed by atoms with van der Waals surface area (Å²) in [6.45, 7) is 3.94. The molecule has 1 fully saturated rings. The lowest BCUT2D eigenvalue weighted by Crippen LogP contribution is -2.29. The van der Waals surface area contributed by atoms with Crippen molar-refractivity contribution in [1.29, 1.82) is 0 Å². The van der Waals surface area contributed by atoms with E-state index in [0.29, 0.717) is 10.8 Å². The number of halogens is 2. The number of hydrogen-bond donors (Lipinski definition) is 1. The highest BCUT2D eigenvalue weighted by atomic mass is 32.1. The van der Waals surface area contributed by atoms with Crippen LogP contribution >= 0.6 is 12.2 Å². The van der Waals surface area contributed by atoms with E-state index in [1.54, 1.807) is 30.5 Å². The Morgan fingerprint density at radius 3 is 2.36 bits per heavy atom. The zero-order valence-electron chi connectivity index (χ0n) is 18.2. The Bertz CT molecular complexity index is 1320. The van der Waals surface area contributed by atoms with Crippen LogP contribution in [0, 0.1) is 25.5 Å². The van der Waals surface area contributed by atoms with Crippen LogP contribution in [0.5, 0.6) is 0 Å². The van der Waals surface area contributed by atoms with Crippen molar-refractivity contribution in [2.24, 2.45) is 0 Å². The highest BCUT2D eigenvalue weighted by Gasteiger charge is 2.42. The molecular weight excluding hydrogens is 438 g/mol. The molecule has 1 saturated heterocycles. The van der Waals surface area contributed by atoms with Crippen molar-refractivity contribution in [2.45, 2.75) is 25.9 Å². The molecule has 0 spiro atoms. The largest absolute Gasteiger partial charge is 0.351 e. The molecule has 33 heavy (non-hydrogen) atoms. The summed E-state index contributed by atoms with van der Waals surface area (Å²) in [7, 11) is 0. The quantitative estimate of drug-likeness (QED) is 0.382. The summed E-state index contributed by atoms with van der Waals surface area (Å²) < 4.78 is 30.3. The van der Waals surface area contributed by atoms with Gasteiger partial charge in [0.2, 0.25) is 0 Å². The van der Waals surface area contributed by atoms with Crippen molar-refractivity contribution < 1.29 is 8.78 Å². The third-order valence-corrected chi connectivity index (χ3v) is 6.40. The molecule has 0 unspecified atom stereocenters. The molecule has 0 aliphatic carbocycles. The maximum atomic E-state index is 14.7. The van der Waals surface area contributed by atoms with E-state index >= 15 is 0 Å². The zero-order valence-corrected chi connectivity index (χ0v) is 19.0. The molecule has 0 radical (unpaired) electrons. The van der Waals surface area contributed by atoms with E-state index in [2.05, 4.69) is 16.4 Å². The van der Waals surface area contributed by atoms with Gasteiger partial charge in [-0.05, 0) is 86.2 Å². The molecule has 0 amide bonds. The smallest absolute Gasteiger partial charge is 0.174 e. The van der Waals surface area contributed by atoms with Crippen molar-refractivity contribution in [3.8, 4) is 5.69 Å².